The molecule has 0 radical (unpaired) electrons. The molecule has 1 rings (SSSR count). The number of aryl methyl sites for hydroxylation is 1. The highest BCUT2D eigenvalue weighted by atomic mass is 79.9. The maximum Gasteiger partial charge on any atom is 0.244 e. The third kappa shape index (κ3) is 3.40. The van der Waals surface area contributed by atoms with E-state index in [9.17, 15) is 8.42 Å². The van der Waals surface area contributed by atoms with E-state index in [0.29, 0.717) is 18.0 Å². The maximum absolute atomic E-state index is 12.4. The molecular formula is C11H16BrNO2S2. The van der Waals surface area contributed by atoms with E-state index < -0.39 is 10.0 Å². The Kier molecular flexibility index (Phi) is 4.95. The first-order chi connectivity index (χ1) is 7.78. The summed E-state index contributed by atoms with van der Waals surface area (Å²) in [6.45, 7) is 10.1. The summed E-state index contributed by atoms with van der Waals surface area (Å²) in [6, 6.07) is 1.66. The molecular weight excluding hydrogens is 322 g/mol. The Morgan fingerprint density at radius 2 is 2.18 bits per heavy atom. The standard InChI is InChI=1S/C11H16BrNO2S2/c1-5-13(7-8(2)3)17(14,15)10-6-11(12)16-9(10)4/h6H,2,5,7H2,1,3-4H3. The van der Waals surface area contributed by atoms with E-state index in [-0.39, 0.29) is 0 Å². The van der Waals surface area contributed by atoms with Crippen molar-refractivity contribution in [2.24, 2.45) is 0 Å². The van der Waals surface area contributed by atoms with E-state index in [4.69, 9.17) is 0 Å². The molecule has 1 heterocycles. The highest BCUT2D eigenvalue weighted by molar-refractivity contribution is 9.11. The van der Waals surface area contributed by atoms with Crippen molar-refractivity contribution in [3.63, 3.8) is 0 Å². The summed E-state index contributed by atoms with van der Waals surface area (Å²) >= 11 is 4.75. The van der Waals surface area contributed by atoms with Crippen LogP contribution in [0.25, 0.3) is 0 Å². The Morgan fingerprint density at radius 3 is 2.53 bits per heavy atom. The summed E-state index contributed by atoms with van der Waals surface area (Å²) in [5, 5.41) is 0. The van der Waals surface area contributed by atoms with Crippen molar-refractivity contribution in [3.8, 4) is 0 Å². The lowest BCUT2D eigenvalue weighted by atomic mass is 10.3. The van der Waals surface area contributed by atoms with Gasteiger partial charge in [-0.1, -0.05) is 19.1 Å². The highest BCUT2D eigenvalue weighted by Gasteiger charge is 2.26. The zero-order valence-electron chi connectivity index (χ0n) is 10.2. The largest absolute Gasteiger partial charge is 0.244 e. The quantitative estimate of drug-likeness (QED) is 0.772. The topological polar surface area (TPSA) is 37.4 Å². The van der Waals surface area contributed by atoms with Gasteiger partial charge >= 0.3 is 0 Å². The van der Waals surface area contributed by atoms with Gasteiger partial charge in [-0.25, -0.2) is 8.42 Å². The first-order valence-corrected chi connectivity index (χ1v) is 8.24. The lowest BCUT2D eigenvalue weighted by molar-refractivity contribution is 0.453. The molecule has 17 heavy (non-hydrogen) atoms. The number of thiophene rings is 1. The van der Waals surface area contributed by atoms with Crippen molar-refractivity contribution in [3.05, 3.63) is 26.9 Å². The molecule has 0 atom stereocenters. The van der Waals surface area contributed by atoms with Crippen LogP contribution >= 0.6 is 27.3 Å². The highest BCUT2D eigenvalue weighted by Crippen LogP contribution is 2.31. The first kappa shape index (κ1) is 14.9. The summed E-state index contributed by atoms with van der Waals surface area (Å²) in [7, 11) is -3.40. The van der Waals surface area contributed by atoms with Crippen molar-refractivity contribution in [1.29, 1.82) is 0 Å². The molecule has 0 aromatic carbocycles. The predicted octanol–water partition coefficient (Wildman–Crippen LogP) is 3.41. The molecule has 0 fully saturated rings. The van der Waals surface area contributed by atoms with Crippen LogP contribution < -0.4 is 0 Å². The second-order valence-electron chi connectivity index (χ2n) is 3.86. The number of sulfonamides is 1. The molecule has 1 aromatic heterocycles. The second-order valence-corrected chi connectivity index (χ2v) is 8.40. The van der Waals surface area contributed by atoms with Crippen LogP contribution in [0.3, 0.4) is 0 Å². The van der Waals surface area contributed by atoms with E-state index in [0.717, 1.165) is 14.2 Å². The van der Waals surface area contributed by atoms with Gasteiger partial charge in [0.05, 0.1) is 8.68 Å². The smallest absolute Gasteiger partial charge is 0.207 e. The van der Waals surface area contributed by atoms with E-state index >= 15 is 0 Å². The Bertz CT molecular complexity index is 520. The summed E-state index contributed by atoms with van der Waals surface area (Å²) in [4.78, 5) is 1.19. The number of likely N-dealkylation sites (N-methyl/N-ethyl adjacent to an activating group) is 1. The van der Waals surface area contributed by atoms with Crippen LogP contribution in [0.4, 0.5) is 0 Å². The average molecular weight is 338 g/mol. The van der Waals surface area contributed by atoms with Crippen LogP contribution in [0.2, 0.25) is 0 Å². The molecule has 0 unspecified atom stereocenters. The van der Waals surface area contributed by atoms with Crippen LogP contribution in [-0.4, -0.2) is 25.8 Å². The molecule has 96 valence electrons. The maximum atomic E-state index is 12.4. The van der Waals surface area contributed by atoms with Gasteiger partial charge in [-0.2, -0.15) is 4.31 Å². The van der Waals surface area contributed by atoms with Crippen molar-refractivity contribution >= 4 is 37.3 Å². The van der Waals surface area contributed by atoms with Gasteiger partial charge in [-0.3, -0.25) is 0 Å². The number of hydrogen-bond acceptors (Lipinski definition) is 3. The van der Waals surface area contributed by atoms with Crippen LogP contribution in [0.5, 0.6) is 0 Å². The van der Waals surface area contributed by atoms with Gasteiger partial charge in [0.25, 0.3) is 0 Å². The van der Waals surface area contributed by atoms with E-state index in [1.165, 1.54) is 15.6 Å². The number of hydrogen-bond donors (Lipinski definition) is 0. The lowest BCUT2D eigenvalue weighted by Gasteiger charge is -2.20. The molecule has 0 aliphatic rings. The summed E-state index contributed by atoms with van der Waals surface area (Å²) in [5.74, 6) is 0. The van der Waals surface area contributed by atoms with Crippen molar-refractivity contribution in [2.45, 2.75) is 25.7 Å². The monoisotopic (exact) mass is 337 g/mol. The molecule has 0 bridgehead atoms. The molecule has 0 aliphatic heterocycles. The van der Waals surface area contributed by atoms with Crippen LogP contribution in [0, 0.1) is 6.92 Å². The third-order valence-corrected chi connectivity index (χ3v) is 5.99. The van der Waals surface area contributed by atoms with E-state index in [1.54, 1.807) is 6.07 Å². The van der Waals surface area contributed by atoms with Crippen molar-refractivity contribution in [2.75, 3.05) is 13.1 Å². The average Bonchev–Trinajstić information content (AvgIpc) is 2.54. The van der Waals surface area contributed by atoms with Crippen molar-refractivity contribution in [1.82, 2.24) is 4.31 Å². The molecule has 0 amide bonds. The Hall–Kier alpha value is -0.170. The third-order valence-electron chi connectivity index (χ3n) is 2.26. The molecule has 0 saturated carbocycles. The minimum Gasteiger partial charge on any atom is -0.207 e. The molecule has 0 saturated heterocycles. The van der Waals surface area contributed by atoms with Gasteiger partial charge in [0.2, 0.25) is 10.0 Å². The normalized spacial score (nSPS) is 12.1. The fraction of sp³-hybridized carbons (Fsp3) is 0.455. The Morgan fingerprint density at radius 1 is 1.59 bits per heavy atom. The fourth-order valence-electron chi connectivity index (χ4n) is 1.49. The fourth-order valence-corrected chi connectivity index (χ4v) is 5.39. The zero-order valence-corrected chi connectivity index (χ0v) is 13.4. The van der Waals surface area contributed by atoms with Crippen LogP contribution in [-0.2, 0) is 10.0 Å². The van der Waals surface area contributed by atoms with Gasteiger partial charge in [-0.15, -0.1) is 11.3 Å². The molecule has 3 nitrogen and oxygen atoms in total. The second kappa shape index (κ2) is 5.65. The van der Waals surface area contributed by atoms with E-state index in [1.807, 2.05) is 20.8 Å². The number of rotatable bonds is 5. The van der Waals surface area contributed by atoms with Gasteiger partial charge in [0.15, 0.2) is 0 Å². The van der Waals surface area contributed by atoms with Crippen molar-refractivity contribution < 1.29 is 8.42 Å². The summed E-state index contributed by atoms with van der Waals surface area (Å²) in [6.07, 6.45) is 0. The summed E-state index contributed by atoms with van der Waals surface area (Å²) < 4.78 is 27.1. The van der Waals surface area contributed by atoms with Gasteiger partial charge in [0, 0.05) is 18.0 Å². The lowest BCUT2D eigenvalue weighted by Crippen LogP contribution is -2.32. The van der Waals surface area contributed by atoms with Crippen LogP contribution in [0.1, 0.15) is 18.7 Å². The van der Waals surface area contributed by atoms with Crippen LogP contribution in [0.15, 0.2) is 26.9 Å². The first-order valence-electron chi connectivity index (χ1n) is 5.19. The van der Waals surface area contributed by atoms with Gasteiger partial charge < -0.3 is 0 Å². The Labute approximate surface area is 115 Å². The molecule has 0 spiro atoms. The number of nitrogens with zero attached hydrogens (tertiary/aromatic N) is 1. The number of halogens is 1. The molecule has 0 N–H and O–H groups in total. The van der Waals surface area contributed by atoms with E-state index in [2.05, 4.69) is 22.5 Å². The summed E-state index contributed by atoms with van der Waals surface area (Å²) in [5.41, 5.74) is 0.836. The minimum absolute atomic E-state index is 0.367. The zero-order chi connectivity index (χ0) is 13.2. The molecule has 0 aliphatic carbocycles. The SMILES string of the molecule is C=C(C)CN(CC)S(=O)(=O)c1cc(Br)sc1C. The predicted molar refractivity (Wildman–Crippen MR) is 76.0 cm³/mol. The molecule has 1 aromatic rings. The Balaban J connectivity index is 3.17. The van der Waals surface area contributed by atoms with Gasteiger partial charge in [-0.05, 0) is 35.8 Å². The minimum atomic E-state index is -3.40. The molecule has 6 heteroatoms. The van der Waals surface area contributed by atoms with Gasteiger partial charge in [0.1, 0.15) is 0 Å².